The van der Waals surface area contributed by atoms with Crippen molar-refractivity contribution < 1.29 is 8.42 Å². The maximum absolute atomic E-state index is 13.8. The Morgan fingerprint density at radius 3 is 2.47 bits per heavy atom. The zero-order valence-electron chi connectivity index (χ0n) is 19.7. The average molecular weight is 479 g/mol. The molecule has 2 aromatic carbocycles. The van der Waals surface area contributed by atoms with Crippen molar-refractivity contribution in [3.63, 3.8) is 0 Å². The number of sulfonamides is 1. The Bertz CT molecular complexity index is 1540. The zero-order valence-corrected chi connectivity index (χ0v) is 20.5. The molecule has 4 aromatic rings. The number of pyridine rings is 1. The van der Waals surface area contributed by atoms with Gasteiger partial charge in [0, 0.05) is 24.2 Å². The first-order chi connectivity index (χ1) is 16.3. The van der Waals surface area contributed by atoms with E-state index in [1.54, 1.807) is 0 Å². The summed E-state index contributed by atoms with van der Waals surface area (Å²) in [5, 5.41) is 6.58. The van der Waals surface area contributed by atoms with Crippen molar-refractivity contribution in [3.05, 3.63) is 75.2 Å². The predicted molar refractivity (Wildman–Crippen MR) is 136 cm³/mol. The zero-order chi connectivity index (χ0) is 23.9. The van der Waals surface area contributed by atoms with Crippen LogP contribution in [0.4, 0.5) is 0 Å². The molecule has 0 fully saturated rings. The molecule has 178 valence electrons. The van der Waals surface area contributed by atoms with Gasteiger partial charge in [0.1, 0.15) is 5.52 Å². The van der Waals surface area contributed by atoms with Crippen molar-refractivity contribution in [1.29, 1.82) is 0 Å². The standard InChI is InChI=1S/C26H30N4O3S/c1-18-24-25(28-30(18)17-19-9-4-3-5-10-19)22-15-20-11-6-7-12-21(20)16-23(22)29(26(24)31)14-8-13-27-34(2,32)33/h3-5,9-10,15-16,27H,6-8,11-14,17H2,1-2H3. The second kappa shape index (κ2) is 9.00. The van der Waals surface area contributed by atoms with E-state index >= 15 is 0 Å². The summed E-state index contributed by atoms with van der Waals surface area (Å²) in [6.45, 7) is 3.29. The lowest BCUT2D eigenvalue weighted by Crippen LogP contribution is -2.27. The van der Waals surface area contributed by atoms with Crippen LogP contribution in [-0.4, -0.2) is 35.6 Å². The first kappa shape index (κ1) is 22.8. The Kier molecular flexibility index (Phi) is 6.04. The molecule has 5 rings (SSSR count). The van der Waals surface area contributed by atoms with Crippen LogP contribution in [0, 0.1) is 6.92 Å². The SMILES string of the molecule is Cc1c2c(=O)n(CCCNS(C)(=O)=O)c3cc4c(cc3c2nn1Cc1ccccc1)CCCC4. The summed E-state index contributed by atoms with van der Waals surface area (Å²) in [6.07, 6.45) is 6.09. The fraction of sp³-hybridized carbons (Fsp3) is 0.385. The van der Waals surface area contributed by atoms with Crippen molar-refractivity contribution in [2.75, 3.05) is 12.8 Å². The van der Waals surface area contributed by atoms with Gasteiger partial charge in [0.25, 0.3) is 5.56 Å². The van der Waals surface area contributed by atoms with Crippen molar-refractivity contribution in [1.82, 2.24) is 19.1 Å². The van der Waals surface area contributed by atoms with Gasteiger partial charge in [-0.05, 0) is 67.9 Å². The van der Waals surface area contributed by atoms with Gasteiger partial charge in [-0.25, -0.2) is 13.1 Å². The molecule has 0 radical (unpaired) electrons. The predicted octanol–water partition coefficient (Wildman–Crippen LogP) is 3.53. The van der Waals surface area contributed by atoms with Crippen LogP contribution >= 0.6 is 0 Å². The molecule has 0 atom stereocenters. The summed E-state index contributed by atoms with van der Waals surface area (Å²) in [6, 6.07) is 14.5. The summed E-state index contributed by atoms with van der Waals surface area (Å²) in [5.41, 5.74) is 6.22. The molecule has 0 aliphatic heterocycles. The van der Waals surface area contributed by atoms with Crippen LogP contribution in [0.25, 0.3) is 21.8 Å². The molecule has 1 aliphatic rings. The van der Waals surface area contributed by atoms with Gasteiger partial charge >= 0.3 is 0 Å². The molecular formula is C26H30N4O3S. The molecular weight excluding hydrogens is 448 g/mol. The molecule has 1 aliphatic carbocycles. The lowest BCUT2D eigenvalue weighted by Gasteiger charge is -2.19. The molecule has 0 unspecified atom stereocenters. The molecule has 34 heavy (non-hydrogen) atoms. The second-order valence-electron chi connectivity index (χ2n) is 9.27. The van der Waals surface area contributed by atoms with Gasteiger partial charge in [-0.2, -0.15) is 5.10 Å². The van der Waals surface area contributed by atoms with Gasteiger partial charge in [0.2, 0.25) is 10.0 Å². The fourth-order valence-electron chi connectivity index (χ4n) is 5.05. The minimum Gasteiger partial charge on any atom is -0.307 e. The molecule has 8 heteroatoms. The fourth-order valence-corrected chi connectivity index (χ4v) is 5.56. The molecule has 2 heterocycles. The minimum absolute atomic E-state index is 0.0607. The Morgan fingerprint density at radius 1 is 1.06 bits per heavy atom. The van der Waals surface area contributed by atoms with Crippen LogP contribution < -0.4 is 10.3 Å². The summed E-state index contributed by atoms with van der Waals surface area (Å²) in [7, 11) is -3.26. The second-order valence-corrected chi connectivity index (χ2v) is 11.1. The molecule has 1 N–H and O–H groups in total. The first-order valence-electron chi connectivity index (χ1n) is 11.9. The van der Waals surface area contributed by atoms with E-state index in [9.17, 15) is 13.2 Å². The monoisotopic (exact) mass is 478 g/mol. The van der Waals surface area contributed by atoms with Gasteiger partial charge in [-0.3, -0.25) is 9.48 Å². The number of aryl methyl sites for hydroxylation is 4. The highest BCUT2D eigenvalue weighted by Gasteiger charge is 2.21. The number of fused-ring (bicyclic) bond motifs is 4. The number of nitrogens with one attached hydrogen (secondary N) is 1. The van der Waals surface area contributed by atoms with E-state index in [1.165, 1.54) is 17.5 Å². The topological polar surface area (TPSA) is 86.0 Å². The number of rotatable bonds is 7. The van der Waals surface area contributed by atoms with E-state index in [4.69, 9.17) is 5.10 Å². The average Bonchev–Trinajstić information content (AvgIpc) is 3.13. The van der Waals surface area contributed by atoms with Crippen LogP contribution in [0.5, 0.6) is 0 Å². The first-order valence-corrected chi connectivity index (χ1v) is 13.7. The van der Waals surface area contributed by atoms with E-state index in [0.717, 1.165) is 53.2 Å². The van der Waals surface area contributed by atoms with Crippen LogP contribution in [-0.2, 0) is 36.0 Å². The van der Waals surface area contributed by atoms with Crippen LogP contribution in [0.2, 0.25) is 0 Å². The smallest absolute Gasteiger partial charge is 0.262 e. The normalized spacial score (nSPS) is 14.1. The summed E-state index contributed by atoms with van der Waals surface area (Å²) < 4.78 is 29.2. The molecule has 0 amide bonds. The Hall–Kier alpha value is -2.97. The van der Waals surface area contributed by atoms with Crippen molar-refractivity contribution in [2.45, 2.75) is 52.1 Å². The minimum atomic E-state index is -3.26. The molecule has 7 nitrogen and oxygen atoms in total. The third-order valence-corrected chi connectivity index (χ3v) is 7.50. The van der Waals surface area contributed by atoms with Crippen LogP contribution in [0.15, 0.2) is 47.3 Å². The Labute approximate surface area is 199 Å². The Morgan fingerprint density at radius 2 is 1.76 bits per heavy atom. The number of nitrogens with zero attached hydrogens (tertiary/aromatic N) is 3. The van der Waals surface area contributed by atoms with E-state index in [0.29, 0.717) is 31.4 Å². The van der Waals surface area contributed by atoms with Gasteiger partial charge in [0.05, 0.1) is 23.7 Å². The van der Waals surface area contributed by atoms with E-state index in [-0.39, 0.29) is 5.56 Å². The van der Waals surface area contributed by atoms with Crippen LogP contribution in [0.1, 0.15) is 41.6 Å². The highest BCUT2D eigenvalue weighted by atomic mass is 32.2. The highest BCUT2D eigenvalue weighted by Crippen LogP contribution is 2.31. The lowest BCUT2D eigenvalue weighted by atomic mass is 9.90. The Balaban J connectivity index is 1.66. The molecule has 0 bridgehead atoms. The van der Waals surface area contributed by atoms with Crippen LogP contribution in [0.3, 0.4) is 0 Å². The molecule has 0 spiro atoms. The maximum atomic E-state index is 13.8. The summed E-state index contributed by atoms with van der Waals surface area (Å²) in [5.74, 6) is 0. The third-order valence-electron chi connectivity index (χ3n) is 6.77. The summed E-state index contributed by atoms with van der Waals surface area (Å²) >= 11 is 0. The largest absolute Gasteiger partial charge is 0.307 e. The molecule has 2 aromatic heterocycles. The van der Waals surface area contributed by atoms with E-state index < -0.39 is 10.0 Å². The summed E-state index contributed by atoms with van der Waals surface area (Å²) in [4.78, 5) is 13.8. The maximum Gasteiger partial charge on any atom is 0.262 e. The van der Waals surface area contributed by atoms with Gasteiger partial charge in [0.15, 0.2) is 0 Å². The van der Waals surface area contributed by atoms with Crippen molar-refractivity contribution >= 4 is 31.8 Å². The highest BCUT2D eigenvalue weighted by molar-refractivity contribution is 7.88. The number of hydrogen-bond donors (Lipinski definition) is 1. The van der Waals surface area contributed by atoms with Gasteiger partial charge < -0.3 is 4.57 Å². The molecule has 0 saturated heterocycles. The molecule has 0 saturated carbocycles. The lowest BCUT2D eigenvalue weighted by molar-refractivity contribution is 0.575. The van der Waals surface area contributed by atoms with Gasteiger partial charge in [-0.1, -0.05) is 30.3 Å². The number of aromatic nitrogens is 3. The van der Waals surface area contributed by atoms with Crippen molar-refractivity contribution in [2.24, 2.45) is 0 Å². The number of benzene rings is 2. The van der Waals surface area contributed by atoms with E-state index in [2.05, 4.69) is 29.0 Å². The number of hydrogen-bond acceptors (Lipinski definition) is 4. The van der Waals surface area contributed by atoms with E-state index in [1.807, 2.05) is 34.4 Å². The van der Waals surface area contributed by atoms with Gasteiger partial charge in [-0.15, -0.1) is 0 Å². The third kappa shape index (κ3) is 4.40. The van der Waals surface area contributed by atoms with Crippen molar-refractivity contribution in [3.8, 4) is 0 Å². The quantitative estimate of drug-likeness (QED) is 0.412.